The van der Waals surface area contributed by atoms with Gasteiger partial charge in [0.15, 0.2) is 0 Å². The number of rotatable bonds is 4. The summed E-state index contributed by atoms with van der Waals surface area (Å²) in [5, 5.41) is 0.808. The van der Waals surface area contributed by atoms with Gasteiger partial charge in [0.05, 0.1) is 22.5 Å². The van der Waals surface area contributed by atoms with Crippen molar-refractivity contribution in [1.29, 1.82) is 0 Å². The van der Waals surface area contributed by atoms with Gasteiger partial charge in [-0.2, -0.15) is 0 Å². The van der Waals surface area contributed by atoms with Crippen molar-refractivity contribution in [2.24, 2.45) is 0 Å². The number of ether oxygens (including phenoxy) is 1. The van der Waals surface area contributed by atoms with E-state index in [1.165, 1.54) is 4.90 Å². The van der Waals surface area contributed by atoms with Gasteiger partial charge in [0.25, 0.3) is 0 Å². The van der Waals surface area contributed by atoms with Crippen LogP contribution in [0.1, 0.15) is 11.1 Å². The smallest absolute Gasteiger partial charge is 0.416 e. The summed E-state index contributed by atoms with van der Waals surface area (Å²) in [4.78, 5) is 25.7. The molecule has 1 aliphatic heterocycles. The Bertz CT molecular complexity index is 764. The Balaban J connectivity index is 1.73. The minimum atomic E-state index is -0.596. The van der Waals surface area contributed by atoms with Crippen LogP contribution in [0.5, 0.6) is 0 Å². The van der Waals surface area contributed by atoms with Gasteiger partial charge in [0.1, 0.15) is 6.61 Å². The van der Waals surface area contributed by atoms with Gasteiger partial charge in [0, 0.05) is 0 Å². The highest BCUT2D eigenvalue weighted by Gasteiger charge is 2.37. The molecule has 6 heteroatoms. The topological polar surface area (TPSA) is 46.6 Å². The van der Waals surface area contributed by atoms with Crippen molar-refractivity contribution in [3.8, 4) is 0 Å². The Labute approximate surface area is 149 Å². The maximum absolute atomic E-state index is 12.6. The standard InChI is InChI=1S/C18H15Cl2NO3/c19-15-7-6-13(9-16(15)20)10-17(22)21-14(11-24-18(21)23)8-12-4-2-1-3-5-12/h1-7,9,14H,8,10-11H2/t14-/m0/s1. The predicted molar refractivity (Wildman–Crippen MR) is 92.3 cm³/mol. The van der Waals surface area contributed by atoms with Gasteiger partial charge in [-0.05, 0) is 29.7 Å². The number of benzene rings is 2. The molecule has 0 radical (unpaired) electrons. The molecule has 0 spiro atoms. The van der Waals surface area contributed by atoms with E-state index in [1.807, 2.05) is 30.3 Å². The summed E-state index contributed by atoms with van der Waals surface area (Å²) in [5.74, 6) is -0.308. The highest BCUT2D eigenvalue weighted by molar-refractivity contribution is 6.42. The molecule has 1 fully saturated rings. The van der Waals surface area contributed by atoms with Gasteiger partial charge < -0.3 is 4.74 Å². The van der Waals surface area contributed by atoms with Gasteiger partial charge >= 0.3 is 6.09 Å². The van der Waals surface area contributed by atoms with E-state index in [0.717, 1.165) is 5.56 Å². The summed E-state index contributed by atoms with van der Waals surface area (Å²) < 4.78 is 5.07. The van der Waals surface area contributed by atoms with Crippen molar-refractivity contribution in [3.63, 3.8) is 0 Å². The van der Waals surface area contributed by atoms with Crippen molar-refractivity contribution in [1.82, 2.24) is 4.90 Å². The molecule has 2 aromatic carbocycles. The van der Waals surface area contributed by atoms with E-state index in [1.54, 1.807) is 18.2 Å². The molecule has 0 saturated carbocycles. The van der Waals surface area contributed by atoms with Crippen LogP contribution in [0.25, 0.3) is 0 Å². The van der Waals surface area contributed by atoms with E-state index in [-0.39, 0.29) is 25.0 Å². The molecule has 3 rings (SSSR count). The number of carbonyl (C=O) groups excluding carboxylic acids is 2. The van der Waals surface area contributed by atoms with Gasteiger partial charge in [0.2, 0.25) is 5.91 Å². The second-order valence-corrected chi connectivity index (χ2v) is 6.42. The minimum Gasteiger partial charge on any atom is -0.447 e. The highest BCUT2D eigenvalue weighted by atomic mass is 35.5. The van der Waals surface area contributed by atoms with Crippen molar-refractivity contribution in [2.75, 3.05) is 6.61 Å². The fourth-order valence-corrected chi connectivity index (χ4v) is 3.03. The molecule has 0 aliphatic carbocycles. The van der Waals surface area contributed by atoms with Crippen molar-refractivity contribution in [2.45, 2.75) is 18.9 Å². The Morgan fingerprint density at radius 3 is 2.54 bits per heavy atom. The van der Waals surface area contributed by atoms with Crippen molar-refractivity contribution >= 4 is 35.2 Å². The van der Waals surface area contributed by atoms with Gasteiger partial charge in [-0.1, -0.05) is 59.6 Å². The lowest BCUT2D eigenvalue weighted by atomic mass is 10.0. The van der Waals surface area contributed by atoms with Crippen LogP contribution in [0.4, 0.5) is 4.79 Å². The Hall–Kier alpha value is -2.04. The number of imide groups is 1. The zero-order valence-corrected chi connectivity index (χ0v) is 14.3. The molecule has 0 aromatic heterocycles. The molecule has 1 heterocycles. The summed E-state index contributed by atoms with van der Waals surface area (Å²) in [7, 11) is 0. The molecule has 4 nitrogen and oxygen atoms in total. The first-order valence-corrected chi connectivity index (χ1v) is 8.27. The first kappa shape index (κ1) is 16.8. The van der Waals surface area contributed by atoms with Gasteiger partial charge in [-0.15, -0.1) is 0 Å². The van der Waals surface area contributed by atoms with Crippen LogP contribution in [0.2, 0.25) is 10.0 Å². The lowest BCUT2D eigenvalue weighted by Crippen LogP contribution is -2.41. The van der Waals surface area contributed by atoms with Crippen LogP contribution in [0.15, 0.2) is 48.5 Å². The molecule has 2 aromatic rings. The molecule has 0 N–H and O–H groups in total. The Morgan fingerprint density at radius 1 is 1.08 bits per heavy atom. The summed E-state index contributed by atoms with van der Waals surface area (Å²) >= 11 is 11.9. The van der Waals surface area contributed by atoms with E-state index in [4.69, 9.17) is 27.9 Å². The Morgan fingerprint density at radius 2 is 1.83 bits per heavy atom. The van der Waals surface area contributed by atoms with Crippen LogP contribution < -0.4 is 0 Å². The van der Waals surface area contributed by atoms with Crippen LogP contribution in [0, 0.1) is 0 Å². The van der Waals surface area contributed by atoms with Crippen molar-refractivity contribution < 1.29 is 14.3 Å². The number of cyclic esters (lactones) is 1. The largest absolute Gasteiger partial charge is 0.447 e. The normalized spacial score (nSPS) is 17.0. The van der Waals surface area contributed by atoms with E-state index in [0.29, 0.717) is 22.0 Å². The average molecular weight is 364 g/mol. The van der Waals surface area contributed by atoms with E-state index in [2.05, 4.69) is 0 Å². The highest BCUT2D eigenvalue weighted by Crippen LogP contribution is 2.24. The monoisotopic (exact) mass is 363 g/mol. The summed E-state index contributed by atoms with van der Waals surface area (Å²) in [6.07, 6.45) is 0.0396. The predicted octanol–water partition coefficient (Wildman–Crippen LogP) is 4.13. The Kier molecular flexibility index (Phi) is 5.07. The lowest BCUT2D eigenvalue weighted by Gasteiger charge is -2.19. The molecule has 124 valence electrons. The third-order valence-corrected chi connectivity index (χ3v) is 4.62. The lowest BCUT2D eigenvalue weighted by molar-refractivity contribution is -0.128. The van der Waals surface area contributed by atoms with E-state index >= 15 is 0 Å². The molecule has 2 amide bonds. The van der Waals surface area contributed by atoms with E-state index < -0.39 is 6.09 Å². The SMILES string of the molecule is O=C(Cc1ccc(Cl)c(Cl)c1)N1C(=O)OC[C@@H]1Cc1ccccc1. The molecule has 1 atom stereocenters. The second kappa shape index (κ2) is 7.24. The molecule has 1 aliphatic rings. The fourth-order valence-electron chi connectivity index (χ4n) is 2.71. The minimum absolute atomic E-state index is 0.0667. The molecule has 24 heavy (non-hydrogen) atoms. The average Bonchev–Trinajstić information content (AvgIpc) is 2.92. The summed E-state index contributed by atoms with van der Waals surface area (Å²) in [6.45, 7) is 0.209. The molecular formula is C18H15Cl2NO3. The van der Waals surface area contributed by atoms with Crippen LogP contribution in [-0.2, 0) is 22.4 Å². The number of amides is 2. The first-order chi connectivity index (χ1) is 11.5. The van der Waals surface area contributed by atoms with E-state index in [9.17, 15) is 9.59 Å². The maximum atomic E-state index is 12.6. The molecule has 1 saturated heterocycles. The quantitative estimate of drug-likeness (QED) is 0.820. The third-order valence-electron chi connectivity index (χ3n) is 3.88. The van der Waals surface area contributed by atoms with Gasteiger partial charge in [-0.25, -0.2) is 9.69 Å². The maximum Gasteiger partial charge on any atom is 0.416 e. The fraction of sp³-hybridized carbons (Fsp3) is 0.222. The molecular weight excluding hydrogens is 349 g/mol. The van der Waals surface area contributed by atoms with Gasteiger partial charge in [-0.3, -0.25) is 4.79 Å². The van der Waals surface area contributed by atoms with Crippen molar-refractivity contribution in [3.05, 3.63) is 69.7 Å². The number of hydrogen-bond acceptors (Lipinski definition) is 3. The molecule has 0 unspecified atom stereocenters. The zero-order valence-electron chi connectivity index (χ0n) is 12.7. The summed E-state index contributed by atoms with van der Waals surface area (Å²) in [5.41, 5.74) is 1.75. The first-order valence-electron chi connectivity index (χ1n) is 7.51. The number of halogens is 2. The summed E-state index contributed by atoms with van der Waals surface area (Å²) in [6, 6.07) is 14.4. The zero-order chi connectivity index (χ0) is 17.1. The third kappa shape index (κ3) is 3.71. The van der Waals surface area contributed by atoms with Crippen LogP contribution in [0.3, 0.4) is 0 Å². The van der Waals surface area contributed by atoms with Crippen LogP contribution >= 0.6 is 23.2 Å². The number of carbonyl (C=O) groups is 2. The van der Waals surface area contributed by atoms with Crippen LogP contribution in [-0.4, -0.2) is 29.5 Å². The molecule has 0 bridgehead atoms. The second-order valence-electron chi connectivity index (χ2n) is 5.61. The number of hydrogen-bond donors (Lipinski definition) is 0. The number of nitrogens with zero attached hydrogens (tertiary/aromatic N) is 1.